The third-order valence-corrected chi connectivity index (χ3v) is 4.26. The Bertz CT molecular complexity index is 481. The predicted molar refractivity (Wildman–Crippen MR) is 82.2 cm³/mol. The van der Waals surface area contributed by atoms with Gasteiger partial charge in [0.2, 0.25) is 5.91 Å². The van der Waals surface area contributed by atoms with Crippen molar-refractivity contribution in [3.8, 4) is 0 Å². The summed E-state index contributed by atoms with van der Waals surface area (Å²) >= 11 is 0. The largest absolute Gasteiger partial charge is 0.396 e. The van der Waals surface area contributed by atoms with E-state index in [4.69, 9.17) is 9.84 Å². The molecule has 0 spiro atoms. The zero-order chi connectivity index (χ0) is 15.3. The number of amides is 1. The van der Waals surface area contributed by atoms with E-state index in [1.54, 1.807) is 7.11 Å². The van der Waals surface area contributed by atoms with Crippen molar-refractivity contribution in [2.45, 2.75) is 44.1 Å². The van der Waals surface area contributed by atoms with E-state index in [1.807, 2.05) is 13.0 Å². The molecule has 0 heterocycles. The van der Waals surface area contributed by atoms with Crippen LogP contribution in [0.2, 0.25) is 0 Å². The smallest absolute Gasteiger partial charge is 0.221 e. The van der Waals surface area contributed by atoms with Crippen LogP contribution in [-0.4, -0.2) is 36.9 Å². The number of nitrogens with one attached hydrogen (secondary N) is 1. The lowest BCUT2D eigenvalue weighted by Crippen LogP contribution is -2.50. The van der Waals surface area contributed by atoms with E-state index < -0.39 is 5.54 Å². The van der Waals surface area contributed by atoms with Gasteiger partial charge in [0.15, 0.2) is 0 Å². The molecule has 0 fully saturated rings. The first-order chi connectivity index (χ1) is 10.1. The molecule has 1 aliphatic carbocycles. The molecule has 2 N–H and O–H groups in total. The topological polar surface area (TPSA) is 58.6 Å². The molecule has 0 saturated heterocycles. The molecular formula is C17H25NO3. The van der Waals surface area contributed by atoms with E-state index in [9.17, 15) is 4.79 Å². The summed E-state index contributed by atoms with van der Waals surface area (Å²) in [7, 11) is 1.61. The normalized spacial score (nSPS) is 19.9. The van der Waals surface area contributed by atoms with Crippen LogP contribution in [0.5, 0.6) is 0 Å². The van der Waals surface area contributed by atoms with Gasteiger partial charge in [0, 0.05) is 20.1 Å². The van der Waals surface area contributed by atoms with Crippen LogP contribution in [0.4, 0.5) is 0 Å². The number of methoxy groups -OCH3 is 1. The molecule has 1 aliphatic rings. The fourth-order valence-electron chi connectivity index (χ4n) is 3.20. The van der Waals surface area contributed by atoms with Crippen LogP contribution >= 0.6 is 0 Å². The lowest BCUT2D eigenvalue weighted by Gasteiger charge is -2.30. The van der Waals surface area contributed by atoms with Crippen LogP contribution < -0.4 is 5.32 Å². The fraction of sp³-hybridized carbons (Fsp3) is 0.588. The number of hydrogen-bond acceptors (Lipinski definition) is 3. The quantitative estimate of drug-likeness (QED) is 0.808. The highest BCUT2D eigenvalue weighted by molar-refractivity contribution is 5.78. The highest BCUT2D eigenvalue weighted by atomic mass is 16.5. The van der Waals surface area contributed by atoms with Crippen LogP contribution in [0.15, 0.2) is 24.3 Å². The Labute approximate surface area is 126 Å². The van der Waals surface area contributed by atoms with Crippen molar-refractivity contribution in [3.63, 3.8) is 0 Å². The Hall–Kier alpha value is -1.39. The van der Waals surface area contributed by atoms with Gasteiger partial charge in [-0.05, 0) is 43.2 Å². The summed E-state index contributed by atoms with van der Waals surface area (Å²) in [6.45, 7) is 2.35. The number of carbonyl (C=O) groups is 1. The molecule has 1 amide bonds. The number of fused-ring (bicyclic) bond motifs is 1. The van der Waals surface area contributed by atoms with Gasteiger partial charge in [-0.1, -0.05) is 24.3 Å². The lowest BCUT2D eigenvalue weighted by molar-refractivity contribution is -0.124. The second-order valence-electron chi connectivity index (χ2n) is 6.15. The number of aryl methyl sites for hydroxylation is 1. The van der Waals surface area contributed by atoms with Crippen LogP contribution in [0.3, 0.4) is 0 Å². The average molecular weight is 291 g/mol. The second-order valence-corrected chi connectivity index (χ2v) is 6.15. The van der Waals surface area contributed by atoms with Crippen molar-refractivity contribution in [2.24, 2.45) is 0 Å². The van der Waals surface area contributed by atoms with Gasteiger partial charge < -0.3 is 15.2 Å². The average Bonchev–Trinajstić information content (AvgIpc) is 2.82. The molecule has 2 unspecified atom stereocenters. The van der Waals surface area contributed by atoms with E-state index in [2.05, 4.69) is 23.5 Å². The number of aliphatic hydroxyl groups is 1. The summed E-state index contributed by atoms with van der Waals surface area (Å²) in [5.41, 5.74) is 2.17. The highest BCUT2D eigenvalue weighted by Crippen LogP contribution is 2.35. The molecule has 21 heavy (non-hydrogen) atoms. The zero-order valence-electron chi connectivity index (χ0n) is 12.9. The van der Waals surface area contributed by atoms with E-state index in [1.165, 1.54) is 11.1 Å². The third-order valence-electron chi connectivity index (χ3n) is 4.26. The van der Waals surface area contributed by atoms with E-state index in [0.717, 1.165) is 12.8 Å². The Morgan fingerprint density at radius 3 is 2.95 bits per heavy atom. The maximum atomic E-state index is 12.3. The van der Waals surface area contributed by atoms with Crippen molar-refractivity contribution >= 4 is 5.91 Å². The summed E-state index contributed by atoms with van der Waals surface area (Å²) in [5, 5.41) is 12.2. The Morgan fingerprint density at radius 2 is 2.24 bits per heavy atom. The van der Waals surface area contributed by atoms with Crippen LogP contribution in [0, 0.1) is 0 Å². The van der Waals surface area contributed by atoms with E-state index in [0.29, 0.717) is 25.4 Å². The van der Waals surface area contributed by atoms with Crippen LogP contribution in [-0.2, 0) is 16.0 Å². The lowest BCUT2D eigenvalue weighted by atomic mass is 9.95. The summed E-state index contributed by atoms with van der Waals surface area (Å²) in [6.07, 6.45) is 3.09. The van der Waals surface area contributed by atoms with Gasteiger partial charge in [-0.2, -0.15) is 0 Å². The Kier molecular flexibility index (Phi) is 5.37. The zero-order valence-corrected chi connectivity index (χ0v) is 12.9. The molecule has 1 aromatic carbocycles. The van der Waals surface area contributed by atoms with Gasteiger partial charge in [0.25, 0.3) is 0 Å². The Balaban J connectivity index is 1.96. The molecule has 0 bridgehead atoms. The first kappa shape index (κ1) is 16.0. The summed E-state index contributed by atoms with van der Waals surface area (Å²) in [4.78, 5) is 12.3. The third kappa shape index (κ3) is 4.05. The number of rotatable bonds is 7. The van der Waals surface area contributed by atoms with Crippen molar-refractivity contribution in [1.82, 2.24) is 5.32 Å². The number of hydrogen-bond donors (Lipinski definition) is 2. The van der Waals surface area contributed by atoms with Gasteiger partial charge in [0.1, 0.15) is 0 Å². The summed E-state index contributed by atoms with van der Waals surface area (Å²) in [6, 6.07) is 8.37. The minimum atomic E-state index is -0.501. The minimum absolute atomic E-state index is 0.0321. The molecule has 116 valence electrons. The summed E-state index contributed by atoms with van der Waals surface area (Å²) < 4.78 is 5.16. The number of aliphatic hydroxyl groups excluding tert-OH is 1. The van der Waals surface area contributed by atoms with Crippen molar-refractivity contribution in [3.05, 3.63) is 35.4 Å². The van der Waals surface area contributed by atoms with Gasteiger partial charge in [0.05, 0.1) is 12.1 Å². The second kappa shape index (κ2) is 7.05. The van der Waals surface area contributed by atoms with E-state index in [-0.39, 0.29) is 12.5 Å². The van der Waals surface area contributed by atoms with Crippen LogP contribution in [0.1, 0.15) is 43.2 Å². The monoisotopic (exact) mass is 291 g/mol. The van der Waals surface area contributed by atoms with Crippen LogP contribution in [0.25, 0.3) is 0 Å². The molecule has 0 radical (unpaired) electrons. The van der Waals surface area contributed by atoms with Crippen molar-refractivity contribution in [1.29, 1.82) is 0 Å². The molecule has 0 aromatic heterocycles. The van der Waals surface area contributed by atoms with E-state index >= 15 is 0 Å². The molecular weight excluding hydrogens is 266 g/mol. The molecule has 0 saturated carbocycles. The number of ether oxygens (including phenoxy) is 1. The fourth-order valence-corrected chi connectivity index (χ4v) is 3.20. The molecule has 1 aromatic rings. The Morgan fingerprint density at radius 1 is 1.48 bits per heavy atom. The van der Waals surface area contributed by atoms with Gasteiger partial charge >= 0.3 is 0 Å². The molecule has 2 rings (SSSR count). The highest BCUT2D eigenvalue weighted by Gasteiger charge is 2.29. The van der Waals surface area contributed by atoms with Crippen molar-refractivity contribution < 1.29 is 14.6 Å². The predicted octanol–water partition coefficient (Wildman–Crippen LogP) is 2.01. The van der Waals surface area contributed by atoms with Gasteiger partial charge in [-0.3, -0.25) is 4.79 Å². The van der Waals surface area contributed by atoms with Crippen molar-refractivity contribution in [2.75, 3.05) is 20.3 Å². The first-order valence-electron chi connectivity index (χ1n) is 7.56. The van der Waals surface area contributed by atoms with Gasteiger partial charge in [-0.25, -0.2) is 0 Å². The van der Waals surface area contributed by atoms with Gasteiger partial charge in [-0.15, -0.1) is 0 Å². The number of carbonyl (C=O) groups excluding carboxylic acids is 1. The standard InChI is InChI=1S/C17H25NO3/c1-17(9-10-19,12-21-2)18-16(20)11-14-8-7-13-5-3-4-6-15(13)14/h3-6,14,19H,7-12H2,1-2H3,(H,18,20). The maximum Gasteiger partial charge on any atom is 0.221 e. The SMILES string of the molecule is COCC(C)(CCO)NC(=O)CC1CCc2ccccc21. The molecule has 2 atom stereocenters. The number of benzene rings is 1. The minimum Gasteiger partial charge on any atom is -0.396 e. The molecule has 0 aliphatic heterocycles. The maximum absolute atomic E-state index is 12.3. The molecule has 4 heteroatoms. The molecule has 4 nitrogen and oxygen atoms in total. The first-order valence-corrected chi connectivity index (χ1v) is 7.56. The summed E-state index contributed by atoms with van der Waals surface area (Å²) in [5.74, 6) is 0.340.